The lowest BCUT2D eigenvalue weighted by molar-refractivity contribution is 0.0966. The molecule has 4 aromatic rings. The second kappa shape index (κ2) is 8.19. The molecule has 164 valence electrons. The lowest BCUT2D eigenvalue weighted by atomic mass is 9.93. The third-order valence-electron chi connectivity index (χ3n) is 5.23. The third kappa shape index (κ3) is 3.91. The molecule has 0 bridgehead atoms. The van der Waals surface area contributed by atoms with Crippen LogP contribution in [0.25, 0.3) is 22.6 Å². The number of oxazole rings is 1. The number of nitrogens with zero attached hydrogens (tertiary/aromatic N) is 1. The minimum atomic E-state index is -0.640. The highest BCUT2D eigenvalue weighted by molar-refractivity contribution is 6.06. The third-order valence-corrected chi connectivity index (χ3v) is 5.23. The second-order valence-electron chi connectivity index (χ2n) is 7.32. The van der Waals surface area contributed by atoms with E-state index >= 15 is 4.39 Å². The van der Waals surface area contributed by atoms with E-state index in [1.807, 2.05) is 0 Å². The number of aromatic nitrogens is 1. The smallest absolute Gasteiger partial charge is 0.323 e. The number of carbonyl (C=O) groups excluding carboxylic acids is 2. The minimum absolute atomic E-state index is 0.215. The number of fused-ring (bicyclic) bond motifs is 1. The number of benzene rings is 3. The number of carbonyl (C=O) groups is 2. The fourth-order valence-electron chi connectivity index (χ4n) is 3.81. The summed E-state index contributed by atoms with van der Waals surface area (Å²) < 4.78 is 33.7. The van der Waals surface area contributed by atoms with Crippen LogP contribution in [-0.4, -0.2) is 16.9 Å². The van der Waals surface area contributed by atoms with Crippen LogP contribution in [0.2, 0.25) is 0 Å². The lowest BCUT2D eigenvalue weighted by Crippen LogP contribution is -2.19. The SMILES string of the molecule is O=C(Nc1cccc(F)c1)Nc1ccc(-c2ccc(-c3ncco3)c3c2CNC3=O)c(F)c1. The van der Waals surface area contributed by atoms with E-state index in [9.17, 15) is 14.0 Å². The molecular weight excluding hydrogens is 430 g/mol. The molecule has 2 heterocycles. The van der Waals surface area contributed by atoms with Crippen molar-refractivity contribution in [1.82, 2.24) is 10.3 Å². The largest absolute Gasteiger partial charge is 0.445 e. The molecule has 33 heavy (non-hydrogen) atoms. The van der Waals surface area contributed by atoms with Gasteiger partial charge in [0.1, 0.15) is 17.9 Å². The Hall–Kier alpha value is -4.53. The molecule has 0 spiro atoms. The normalized spacial score (nSPS) is 12.2. The summed E-state index contributed by atoms with van der Waals surface area (Å²) in [5.74, 6) is -1.05. The molecule has 9 heteroatoms. The summed E-state index contributed by atoms with van der Waals surface area (Å²) in [5.41, 5.74) is 2.87. The molecular formula is C24H16F2N4O3. The minimum Gasteiger partial charge on any atom is -0.445 e. The zero-order valence-corrected chi connectivity index (χ0v) is 17.0. The highest BCUT2D eigenvalue weighted by Crippen LogP contribution is 2.37. The zero-order chi connectivity index (χ0) is 22.9. The monoisotopic (exact) mass is 446 g/mol. The van der Waals surface area contributed by atoms with E-state index in [1.54, 1.807) is 18.2 Å². The Morgan fingerprint density at radius 1 is 0.970 bits per heavy atom. The number of hydrogen-bond acceptors (Lipinski definition) is 4. The molecule has 5 rings (SSSR count). The van der Waals surface area contributed by atoms with Crippen molar-refractivity contribution in [1.29, 1.82) is 0 Å². The number of amides is 3. The van der Waals surface area contributed by atoms with Crippen molar-refractivity contribution in [3.05, 3.63) is 89.8 Å². The fourth-order valence-corrected chi connectivity index (χ4v) is 3.81. The van der Waals surface area contributed by atoms with E-state index in [4.69, 9.17) is 4.42 Å². The molecule has 1 aromatic heterocycles. The van der Waals surface area contributed by atoms with Gasteiger partial charge in [-0.2, -0.15) is 0 Å². The van der Waals surface area contributed by atoms with E-state index in [1.165, 1.54) is 48.9 Å². The Morgan fingerprint density at radius 2 is 1.73 bits per heavy atom. The Balaban J connectivity index is 1.42. The molecule has 3 amide bonds. The Bertz CT molecular complexity index is 1390. The molecule has 3 N–H and O–H groups in total. The second-order valence-corrected chi connectivity index (χ2v) is 7.32. The van der Waals surface area contributed by atoms with Gasteiger partial charge in [0.2, 0.25) is 5.89 Å². The lowest BCUT2D eigenvalue weighted by Gasteiger charge is -2.13. The Kier molecular flexibility index (Phi) is 5.06. The average Bonchev–Trinajstić information content (AvgIpc) is 3.44. The molecule has 0 atom stereocenters. The van der Waals surface area contributed by atoms with Gasteiger partial charge in [0.25, 0.3) is 5.91 Å². The first-order valence-corrected chi connectivity index (χ1v) is 9.97. The van der Waals surface area contributed by atoms with Gasteiger partial charge >= 0.3 is 6.03 Å². The molecule has 7 nitrogen and oxygen atoms in total. The number of hydrogen-bond donors (Lipinski definition) is 3. The van der Waals surface area contributed by atoms with E-state index in [0.29, 0.717) is 28.1 Å². The number of anilines is 2. The number of urea groups is 1. The standard InChI is InChI=1S/C24H16F2N4O3/c25-13-2-1-3-14(10-13)29-24(32)30-15-4-5-17(20(26)11-15)16-6-7-18(23-27-8-9-33-23)21-19(16)12-28-22(21)31/h1-11H,12H2,(H,28,31)(H2,29,30,32). The van der Waals surface area contributed by atoms with Gasteiger partial charge in [-0.3, -0.25) is 4.79 Å². The van der Waals surface area contributed by atoms with E-state index < -0.39 is 17.7 Å². The van der Waals surface area contributed by atoms with E-state index in [2.05, 4.69) is 20.9 Å². The predicted molar refractivity (Wildman–Crippen MR) is 118 cm³/mol. The maximum Gasteiger partial charge on any atom is 0.323 e. The van der Waals surface area contributed by atoms with Crippen molar-refractivity contribution in [3.63, 3.8) is 0 Å². The molecule has 0 fully saturated rings. The highest BCUT2D eigenvalue weighted by Gasteiger charge is 2.28. The van der Waals surface area contributed by atoms with Crippen LogP contribution in [0.1, 0.15) is 15.9 Å². The first-order chi connectivity index (χ1) is 16.0. The predicted octanol–water partition coefficient (Wildman–Crippen LogP) is 5.17. The van der Waals surface area contributed by atoms with Gasteiger partial charge in [-0.05, 0) is 53.6 Å². The molecule has 1 aliphatic heterocycles. The maximum absolute atomic E-state index is 15.0. The molecule has 3 aromatic carbocycles. The van der Waals surface area contributed by atoms with Crippen LogP contribution < -0.4 is 16.0 Å². The molecule has 0 saturated heterocycles. The van der Waals surface area contributed by atoms with Crippen LogP contribution in [0.5, 0.6) is 0 Å². The van der Waals surface area contributed by atoms with Gasteiger partial charge < -0.3 is 20.4 Å². The molecule has 0 saturated carbocycles. The van der Waals surface area contributed by atoms with Gasteiger partial charge in [0, 0.05) is 23.5 Å². The summed E-state index contributed by atoms with van der Waals surface area (Å²) in [6.07, 6.45) is 2.90. The zero-order valence-electron chi connectivity index (χ0n) is 17.0. The van der Waals surface area contributed by atoms with Gasteiger partial charge in [-0.25, -0.2) is 18.6 Å². The quantitative estimate of drug-likeness (QED) is 0.403. The van der Waals surface area contributed by atoms with Gasteiger partial charge in [0.15, 0.2) is 0 Å². The molecule has 0 unspecified atom stereocenters. The van der Waals surface area contributed by atoms with Crippen LogP contribution >= 0.6 is 0 Å². The summed E-state index contributed by atoms with van der Waals surface area (Å²) >= 11 is 0. The average molecular weight is 446 g/mol. The van der Waals surface area contributed by atoms with Crippen molar-refractivity contribution in [2.75, 3.05) is 10.6 Å². The van der Waals surface area contributed by atoms with Crippen LogP contribution in [0.4, 0.5) is 25.0 Å². The van der Waals surface area contributed by atoms with Crippen LogP contribution in [0.15, 0.2) is 71.5 Å². The fraction of sp³-hybridized carbons (Fsp3) is 0.0417. The van der Waals surface area contributed by atoms with Gasteiger partial charge in [-0.1, -0.05) is 12.1 Å². The summed E-state index contributed by atoms with van der Waals surface area (Å²) in [7, 11) is 0. The van der Waals surface area contributed by atoms with E-state index in [-0.39, 0.29) is 29.4 Å². The molecule has 0 radical (unpaired) electrons. The van der Waals surface area contributed by atoms with Crippen LogP contribution in [0.3, 0.4) is 0 Å². The van der Waals surface area contributed by atoms with E-state index in [0.717, 1.165) is 0 Å². The highest BCUT2D eigenvalue weighted by atomic mass is 19.1. The maximum atomic E-state index is 15.0. The topological polar surface area (TPSA) is 96.3 Å². The van der Waals surface area contributed by atoms with Crippen molar-refractivity contribution < 1.29 is 22.8 Å². The first kappa shape index (κ1) is 20.4. The van der Waals surface area contributed by atoms with Crippen molar-refractivity contribution in [2.24, 2.45) is 0 Å². The van der Waals surface area contributed by atoms with Crippen LogP contribution in [0, 0.1) is 11.6 Å². The number of rotatable bonds is 4. The molecule has 1 aliphatic rings. The summed E-state index contributed by atoms with van der Waals surface area (Å²) in [4.78, 5) is 28.7. The number of halogens is 2. The Morgan fingerprint density at radius 3 is 2.45 bits per heavy atom. The van der Waals surface area contributed by atoms with Gasteiger partial charge in [0.05, 0.1) is 17.3 Å². The first-order valence-electron chi connectivity index (χ1n) is 9.97. The summed E-state index contributed by atoms with van der Waals surface area (Å²) in [5, 5.41) is 7.76. The van der Waals surface area contributed by atoms with Crippen molar-refractivity contribution in [2.45, 2.75) is 6.54 Å². The van der Waals surface area contributed by atoms with Crippen molar-refractivity contribution >= 4 is 23.3 Å². The Labute approximate surface area is 186 Å². The molecule has 0 aliphatic carbocycles. The summed E-state index contributed by atoms with van der Waals surface area (Å²) in [6, 6.07) is 12.4. The van der Waals surface area contributed by atoms with Crippen molar-refractivity contribution in [3.8, 4) is 22.6 Å². The van der Waals surface area contributed by atoms with Gasteiger partial charge in [-0.15, -0.1) is 0 Å². The number of nitrogens with one attached hydrogen (secondary N) is 3. The van der Waals surface area contributed by atoms with Crippen LogP contribution in [-0.2, 0) is 6.54 Å². The summed E-state index contributed by atoms with van der Waals surface area (Å²) in [6.45, 7) is 0.244.